The van der Waals surface area contributed by atoms with Gasteiger partial charge in [-0.1, -0.05) is 42.5 Å². The van der Waals surface area contributed by atoms with Crippen LogP contribution in [0.15, 0.2) is 54.6 Å². The van der Waals surface area contributed by atoms with E-state index in [-0.39, 0.29) is 0 Å². The number of anilines is 2. The molecule has 0 saturated heterocycles. The van der Waals surface area contributed by atoms with Crippen LogP contribution in [0.5, 0.6) is 0 Å². The number of nitrogen functional groups attached to an aromatic ring is 2. The summed E-state index contributed by atoms with van der Waals surface area (Å²) >= 11 is 0. The fourth-order valence-electron chi connectivity index (χ4n) is 2.00. The van der Waals surface area contributed by atoms with Crippen molar-refractivity contribution >= 4 is 11.5 Å². The minimum atomic E-state index is 0.592. The van der Waals surface area contributed by atoms with Crippen molar-refractivity contribution in [1.29, 1.82) is 0 Å². The molecule has 0 aliphatic heterocycles. The van der Waals surface area contributed by atoms with Crippen LogP contribution in [-0.4, -0.2) is 10.2 Å². The van der Waals surface area contributed by atoms with Gasteiger partial charge in [-0.15, -0.1) is 0 Å². The number of nitrogens with one attached hydrogen (secondary N) is 2. The number of H-pyrrole nitrogens is 1. The molecule has 2 aromatic carbocycles. The minimum absolute atomic E-state index is 0.592. The van der Waals surface area contributed by atoms with E-state index in [0.29, 0.717) is 5.82 Å². The molecule has 1 aromatic heterocycles. The van der Waals surface area contributed by atoms with Crippen molar-refractivity contribution in [2.75, 3.05) is 11.2 Å². The number of benzene rings is 2. The summed E-state index contributed by atoms with van der Waals surface area (Å²) in [4.78, 5) is 0. The van der Waals surface area contributed by atoms with E-state index in [1.807, 2.05) is 55.5 Å². The zero-order valence-corrected chi connectivity index (χ0v) is 12.8. The van der Waals surface area contributed by atoms with Crippen LogP contribution in [0, 0.1) is 13.8 Å². The van der Waals surface area contributed by atoms with Crippen LogP contribution in [0.3, 0.4) is 0 Å². The van der Waals surface area contributed by atoms with E-state index in [0.717, 1.165) is 16.9 Å². The van der Waals surface area contributed by atoms with Gasteiger partial charge in [-0.2, -0.15) is 5.10 Å². The maximum atomic E-state index is 5.50. The molecule has 0 fully saturated rings. The Morgan fingerprint density at radius 1 is 1.00 bits per heavy atom. The third-order valence-corrected chi connectivity index (χ3v) is 3.43. The Labute approximate surface area is 130 Å². The molecule has 5 heteroatoms. The smallest absolute Gasteiger partial charge is 0.119 e. The van der Waals surface area contributed by atoms with Crippen LogP contribution in [0.2, 0.25) is 0 Å². The number of rotatable bonds is 2. The fraction of sp³-hybridized carbons (Fsp3) is 0.118. The van der Waals surface area contributed by atoms with Gasteiger partial charge in [0.25, 0.3) is 0 Å². The van der Waals surface area contributed by atoms with Crippen LogP contribution < -0.4 is 17.0 Å². The predicted octanol–water partition coefficient (Wildman–Crippen LogP) is 3.25. The molecule has 6 N–H and O–H groups in total. The Morgan fingerprint density at radius 2 is 1.73 bits per heavy atom. The number of hydrogen-bond acceptors (Lipinski definition) is 4. The molecule has 3 aromatic rings. The maximum Gasteiger partial charge on any atom is 0.119 e. The summed E-state index contributed by atoms with van der Waals surface area (Å²) in [6, 6.07) is 17.7. The lowest BCUT2D eigenvalue weighted by atomic mass is 10.1. The third-order valence-electron chi connectivity index (χ3n) is 3.43. The van der Waals surface area contributed by atoms with Gasteiger partial charge in [0.15, 0.2) is 0 Å². The first-order valence-corrected chi connectivity index (χ1v) is 7.01. The standard InChI is InChI=1S/C9H9N3.C8H12N2/c10-9-6-8(11-12-9)7-4-2-1-3-5-7;1-6-4-3-5-8(10-9)7(6)2/h1-6H,(H3,10,11,12);3-5,10H,9H2,1-2H3. The van der Waals surface area contributed by atoms with E-state index < -0.39 is 0 Å². The highest BCUT2D eigenvalue weighted by Gasteiger charge is 1.99. The highest BCUT2D eigenvalue weighted by molar-refractivity contribution is 5.61. The number of hydrazine groups is 1. The van der Waals surface area contributed by atoms with Gasteiger partial charge in [0, 0.05) is 11.6 Å². The van der Waals surface area contributed by atoms with E-state index >= 15 is 0 Å². The maximum absolute atomic E-state index is 5.50. The molecular weight excluding hydrogens is 274 g/mol. The fourth-order valence-corrected chi connectivity index (χ4v) is 2.00. The second kappa shape index (κ2) is 7.28. The van der Waals surface area contributed by atoms with Gasteiger partial charge in [-0.3, -0.25) is 10.9 Å². The van der Waals surface area contributed by atoms with Crippen molar-refractivity contribution in [2.45, 2.75) is 13.8 Å². The van der Waals surface area contributed by atoms with Crippen molar-refractivity contribution in [3.05, 3.63) is 65.7 Å². The van der Waals surface area contributed by atoms with Crippen molar-refractivity contribution in [3.63, 3.8) is 0 Å². The van der Waals surface area contributed by atoms with E-state index in [4.69, 9.17) is 11.6 Å². The van der Waals surface area contributed by atoms with Gasteiger partial charge >= 0.3 is 0 Å². The summed E-state index contributed by atoms with van der Waals surface area (Å²) in [7, 11) is 0. The number of nitrogens with two attached hydrogens (primary N) is 2. The van der Waals surface area contributed by atoms with Crippen molar-refractivity contribution in [1.82, 2.24) is 10.2 Å². The Bertz CT molecular complexity index is 719. The van der Waals surface area contributed by atoms with E-state index in [9.17, 15) is 0 Å². The van der Waals surface area contributed by atoms with E-state index in [2.05, 4.69) is 28.6 Å². The Hall–Kier alpha value is -2.79. The largest absolute Gasteiger partial charge is 0.384 e. The molecule has 0 spiro atoms. The summed E-state index contributed by atoms with van der Waals surface area (Å²) in [5.74, 6) is 5.86. The Balaban J connectivity index is 0.000000164. The zero-order valence-electron chi connectivity index (χ0n) is 12.8. The molecule has 0 aliphatic rings. The van der Waals surface area contributed by atoms with E-state index in [1.165, 1.54) is 11.1 Å². The predicted molar refractivity (Wildman–Crippen MR) is 92.2 cm³/mol. The highest BCUT2D eigenvalue weighted by atomic mass is 15.2. The molecule has 0 bridgehead atoms. The molecule has 0 amide bonds. The molecule has 0 atom stereocenters. The van der Waals surface area contributed by atoms with Gasteiger partial charge < -0.3 is 11.2 Å². The lowest BCUT2D eigenvalue weighted by Gasteiger charge is -2.05. The van der Waals surface area contributed by atoms with Crippen LogP contribution in [0.4, 0.5) is 11.5 Å². The van der Waals surface area contributed by atoms with Gasteiger partial charge in [0.2, 0.25) is 0 Å². The molecule has 5 nitrogen and oxygen atoms in total. The number of aromatic nitrogens is 2. The van der Waals surface area contributed by atoms with Crippen LogP contribution in [0.1, 0.15) is 11.1 Å². The van der Waals surface area contributed by atoms with Crippen LogP contribution in [0.25, 0.3) is 11.3 Å². The molecule has 0 aliphatic carbocycles. The highest BCUT2D eigenvalue weighted by Crippen LogP contribution is 2.17. The zero-order chi connectivity index (χ0) is 15.9. The van der Waals surface area contributed by atoms with Crippen molar-refractivity contribution < 1.29 is 0 Å². The molecule has 114 valence electrons. The quantitative estimate of drug-likeness (QED) is 0.431. The second-order valence-corrected chi connectivity index (χ2v) is 4.97. The SMILES string of the molecule is Cc1cccc(NN)c1C.Nc1cc(-c2ccccc2)n[nH]1. The average molecular weight is 295 g/mol. The van der Waals surface area contributed by atoms with Gasteiger partial charge in [-0.25, -0.2) is 0 Å². The first-order chi connectivity index (χ1) is 10.6. The van der Waals surface area contributed by atoms with Gasteiger partial charge in [-0.05, 0) is 31.0 Å². The van der Waals surface area contributed by atoms with Crippen molar-refractivity contribution in [3.8, 4) is 11.3 Å². The number of hydrogen-bond donors (Lipinski definition) is 4. The minimum Gasteiger partial charge on any atom is -0.384 e. The molecule has 0 radical (unpaired) electrons. The number of aryl methyl sites for hydroxylation is 1. The molecule has 0 saturated carbocycles. The second-order valence-electron chi connectivity index (χ2n) is 4.97. The third kappa shape index (κ3) is 3.86. The normalized spacial score (nSPS) is 9.77. The summed E-state index contributed by atoms with van der Waals surface area (Å²) in [6.45, 7) is 4.11. The number of nitrogens with zero attached hydrogens (tertiary/aromatic N) is 1. The topological polar surface area (TPSA) is 92.8 Å². The molecular formula is C17H21N5. The summed E-state index contributed by atoms with van der Waals surface area (Å²) in [5.41, 5.74) is 13.6. The summed E-state index contributed by atoms with van der Waals surface area (Å²) in [6.07, 6.45) is 0. The monoisotopic (exact) mass is 295 g/mol. The van der Waals surface area contributed by atoms with Crippen molar-refractivity contribution in [2.24, 2.45) is 5.84 Å². The lowest BCUT2D eigenvalue weighted by Crippen LogP contribution is -2.08. The first kappa shape index (κ1) is 15.6. The Kier molecular flexibility index (Phi) is 5.16. The van der Waals surface area contributed by atoms with Gasteiger partial charge in [0.1, 0.15) is 5.82 Å². The number of aromatic amines is 1. The molecule has 0 unspecified atom stereocenters. The van der Waals surface area contributed by atoms with Gasteiger partial charge in [0.05, 0.1) is 11.4 Å². The van der Waals surface area contributed by atoms with Crippen LogP contribution >= 0.6 is 0 Å². The Morgan fingerprint density at radius 3 is 2.27 bits per heavy atom. The summed E-state index contributed by atoms with van der Waals surface area (Å²) in [5, 5.41) is 6.73. The summed E-state index contributed by atoms with van der Waals surface area (Å²) < 4.78 is 0. The molecule has 1 heterocycles. The molecule has 3 rings (SSSR count). The van der Waals surface area contributed by atoms with Crippen LogP contribution in [-0.2, 0) is 0 Å². The molecule has 22 heavy (non-hydrogen) atoms. The average Bonchev–Trinajstić information content (AvgIpc) is 2.98. The lowest BCUT2D eigenvalue weighted by molar-refractivity contribution is 1.10. The van der Waals surface area contributed by atoms with E-state index in [1.54, 1.807) is 0 Å². The first-order valence-electron chi connectivity index (χ1n) is 7.01.